The van der Waals surface area contributed by atoms with E-state index in [0.717, 1.165) is 34.2 Å². The normalized spacial score (nSPS) is 12.8. The summed E-state index contributed by atoms with van der Waals surface area (Å²) < 4.78 is 38.4. The Morgan fingerprint density at radius 1 is 1.12 bits per heavy atom. The van der Waals surface area contributed by atoms with Gasteiger partial charge in [-0.3, -0.25) is 4.79 Å². The van der Waals surface area contributed by atoms with Crippen LogP contribution in [0.5, 0.6) is 0 Å². The maximum absolute atomic E-state index is 12.8. The number of carbonyl (C=O) groups excluding carboxylic acids is 1. The molecule has 2 rings (SSSR count). The maximum Gasteiger partial charge on any atom is 0.416 e. The molecule has 134 valence electrons. The topological polar surface area (TPSA) is 29.1 Å². The summed E-state index contributed by atoms with van der Waals surface area (Å²) in [5.74, 6) is -0.413. The molecular weight excluding hydrogens is 371 g/mol. The zero-order valence-electron chi connectivity index (χ0n) is 13.9. The molecule has 0 spiro atoms. The number of aryl methyl sites for hydroxylation is 2. The summed E-state index contributed by atoms with van der Waals surface area (Å²) in [7, 11) is 0. The van der Waals surface area contributed by atoms with Crippen molar-refractivity contribution in [2.75, 3.05) is 5.32 Å². The largest absolute Gasteiger partial charge is 0.416 e. The van der Waals surface area contributed by atoms with Crippen LogP contribution in [0.4, 0.5) is 18.9 Å². The first-order valence-corrected chi connectivity index (χ1v) is 8.75. The van der Waals surface area contributed by atoms with Crippen LogP contribution in [0, 0.1) is 13.8 Å². The van der Waals surface area contributed by atoms with Crippen molar-refractivity contribution in [2.45, 2.75) is 37.1 Å². The first-order valence-electron chi connectivity index (χ1n) is 7.49. The monoisotopic (exact) mass is 387 g/mol. The number of alkyl halides is 3. The van der Waals surface area contributed by atoms with Gasteiger partial charge in [0.15, 0.2) is 0 Å². The lowest BCUT2D eigenvalue weighted by molar-refractivity contribution is -0.137. The van der Waals surface area contributed by atoms with E-state index in [4.69, 9.17) is 11.6 Å². The van der Waals surface area contributed by atoms with Crippen LogP contribution in [0.15, 0.2) is 41.3 Å². The average molecular weight is 388 g/mol. The zero-order valence-corrected chi connectivity index (χ0v) is 15.4. The van der Waals surface area contributed by atoms with Crippen LogP contribution in [-0.2, 0) is 11.0 Å². The third-order valence-corrected chi connectivity index (χ3v) is 5.14. The second-order valence-electron chi connectivity index (χ2n) is 5.69. The smallest absolute Gasteiger partial charge is 0.324 e. The fourth-order valence-corrected chi connectivity index (χ4v) is 3.21. The third-order valence-electron chi connectivity index (χ3n) is 3.71. The first-order chi connectivity index (χ1) is 11.6. The van der Waals surface area contributed by atoms with E-state index < -0.39 is 22.9 Å². The van der Waals surface area contributed by atoms with E-state index >= 15 is 0 Å². The fraction of sp³-hybridized carbons (Fsp3) is 0.278. The number of thioether (sulfide) groups is 1. The Bertz CT molecular complexity index is 792. The van der Waals surface area contributed by atoms with Gasteiger partial charge in [0.1, 0.15) is 0 Å². The molecule has 0 bridgehead atoms. The molecule has 1 unspecified atom stereocenters. The Labute approximate surface area is 153 Å². The van der Waals surface area contributed by atoms with Crippen molar-refractivity contribution in [3.8, 4) is 0 Å². The summed E-state index contributed by atoms with van der Waals surface area (Å²) >= 11 is 7.24. The molecule has 0 aliphatic heterocycles. The Hall–Kier alpha value is -1.66. The van der Waals surface area contributed by atoms with E-state index in [-0.39, 0.29) is 10.7 Å². The van der Waals surface area contributed by atoms with Crippen molar-refractivity contribution in [3.05, 3.63) is 58.1 Å². The molecule has 0 aliphatic carbocycles. The summed E-state index contributed by atoms with van der Waals surface area (Å²) in [6.07, 6.45) is -4.50. The van der Waals surface area contributed by atoms with Crippen LogP contribution in [0.2, 0.25) is 5.02 Å². The number of benzene rings is 2. The molecule has 25 heavy (non-hydrogen) atoms. The summed E-state index contributed by atoms with van der Waals surface area (Å²) in [5, 5.41) is 2.04. The van der Waals surface area contributed by atoms with E-state index in [1.165, 1.54) is 11.8 Å². The maximum atomic E-state index is 12.8. The standard InChI is InChI=1S/C18H17ClF3NOS/c1-10-4-6-14(8-11(10)2)25-12(3)17(24)23-16-9-13(18(20,21)22)5-7-15(16)19/h4-9,12H,1-3H3,(H,23,24). The number of nitrogens with one attached hydrogen (secondary N) is 1. The molecule has 2 nitrogen and oxygen atoms in total. The predicted molar refractivity (Wildman–Crippen MR) is 96.3 cm³/mol. The summed E-state index contributed by atoms with van der Waals surface area (Å²) in [5.41, 5.74) is 1.35. The minimum Gasteiger partial charge on any atom is -0.324 e. The molecule has 0 heterocycles. The molecule has 0 aliphatic rings. The van der Waals surface area contributed by atoms with E-state index in [1.54, 1.807) is 6.92 Å². The molecule has 1 N–H and O–H groups in total. The van der Waals surface area contributed by atoms with Crippen LogP contribution in [0.3, 0.4) is 0 Å². The van der Waals surface area contributed by atoms with Crippen LogP contribution in [0.1, 0.15) is 23.6 Å². The van der Waals surface area contributed by atoms with Crippen LogP contribution < -0.4 is 5.32 Å². The zero-order chi connectivity index (χ0) is 18.8. The second-order valence-corrected chi connectivity index (χ2v) is 7.51. The summed E-state index contributed by atoms with van der Waals surface area (Å²) in [6, 6.07) is 8.70. The van der Waals surface area contributed by atoms with E-state index in [0.29, 0.717) is 0 Å². The lowest BCUT2D eigenvalue weighted by atomic mass is 10.1. The molecule has 7 heteroatoms. The third kappa shape index (κ3) is 5.16. The van der Waals surface area contributed by atoms with Crippen molar-refractivity contribution < 1.29 is 18.0 Å². The lowest BCUT2D eigenvalue weighted by Gasteiger charge is -2.15. The molecule has 1 atom stereocenters. The molecule has 0 saturated heterocycles. The van der Waals surface area contributed by atoms with Gasteiger partial charge in [0, 0.05) is 4.90 Å². The molecule has 2 aromatic carbocycles. The van der Waals surface area contributed by atoms with Gasteiger partial charge in [0.25, 0.3) is 0 Å². The highest BCUT2D eigenvalue weighted by Crippen LogP contribution is 2.34. The Morgan fingerprint density at radius 2 is 1.80 bits per heavy atom. The van der Waals surface area contributed by atoms with Crippen LogP contribution in [-0.4, -0.2) is 11.2 Å². The van der Waals surface area contributed by atoms with Crippen molar-refractivity contribution in [1.29, 1.82) is 0 Å². The predicted octanol–water partition coefficient (Wildman–Crippen LogP) is 6.09. The van der Waals surface area contributed by atoms with Gasteiger partial charge in [-0.2, -0.15) is 13.2 Å². The van der Waals surface area contributed by atoms with Gasteiger partial charge < -0.3 is 5.32 Å². The summed E-state index contributed by atoms with van der Waals surface area (Å²) in [6.45, 7) is 5.67. The quantitative estimate of drug-likeness (QED) is 0.642. The number of hydrogen-bond acceptors (Lipinski definition) is 2. The van der Waals surface area contributed by atoms with Crippen LogP contribution in [0.25, 0.3) is 0 Å². The number of anilines is 1. The molecular formula is C18H17ClF3NOS. The van der Waals surface area contributed by atoms with Crippen LogP contribution >= 0.6 is 23.4 Å². The first kappa shape index (κ1) is 19.7. The number of halogens is 4. The number of hydrogen-bond donors (Lipinski definition) is 1. The van der Waals surface area contributed by atoms with Gasteiger partial charge in [-0.25, -0.2) is 0 Å². The van der Waals surface area contributed by atoms with Gasteiger partial charge in [0.05, 0.1) is 21.5 Å². The lowest BCUT2D eigenvalue weighted by Crippen LogP contribution is -2.23. The van der Waals surface area contributed by atoms with Crippen molar-refractivity contribution >= 4 is 35.0 Å². The van der Waals surface area contributed by atoms with Crippen molar-refractivity contribution in [1.82, 2.24) is 0 Å². The van der Waals surface area contributed by atoms with Gasteiger partial charge in [-0.1, -0.05) is 17.7 Å². The Morgan fingerprint density at radius 3 is 2.40 bits per heavy atom. The average Bonchev–Trinajstić information content (AvgIpc) is 2.51. The molecule has 0 saturated carbocycles. The van der Waals surface area contributed by atoms with Gasteiger partial charge in [-0.15, -0.1) is 11.8 Å². The number of rotatable bonds is 4. The molecule has 0 radical (unpaired) electrons. The second kappa shape index (κ2) is 7.70. The highest BCUT2D eigenvalue weighted by molar-refractivity contribution is 8.00. The number of amides is 1. The highest BCUT2D eigenvalue weighted by Gasteiger charge is 2.31. The Kier molecular flexibility index (Phi) is 6.06. The van der Waals surface area contributed by atoms with Crippen molar-refractivity contribution in [3.63, 3.8) is 0 Å². The van der Waals surface area contributed by atoms with Gasteiger partial charge in [0.2, 0.25) is 5.91 Å². The van der Waals surface area contributed by atoms with Gasteiger partial charge >= 0.3 is 6.18 Å². The molecule has 2 aromatic rings. The summed E-state index contributed by atoms with van der Waals surface area (Å²) in [4.78, 5) is 13.2. The minimum atomic E-state index is -4.50. The number of carbonyl (C=O) groups is 1. The minimum absolute atomic E-state index is 0.0472. The molecule has 0 fully saturated rings. The van der Waals surface area contributed by atoms with Gasteiger partial charge in [-0.05, 0) is 62.2 Å². The van der Waals surface area contributed by atoms with E-state index in [1.807, 2.05) is 32.0 Å². The van der Waals surface area contributed by atoms with Crippen molar-refractivity contribution in [2.24, 2.45) is 0 Å². The Balaban J connectivity index is 2.12. The van der Waals surface area contributed by atoms with E-state index in [9.17, 15) is 18.0 Å². The SMILES string of the molecule is Cc1ccc(SC(C)C(=O)Nc2cc(C(F)(F)F)ccc2Cl)cc1C. The molecule has 1 amide bonds. The fourth-order valence-electron chi connectivity index (χ4n) is 2.08. The molecule has 0 aromatic heterocycles. The highest BCUT2D eigenvalue weighted by atomic mass is 35.5. The van der Waals surface area contributed by atoms with E-state index in [2.05, 4.69) is 5.32 Å².